The minimum Gasteiger partial charge on any atom is -0.358 e. The topological polar surface area (TPSA) is 46.9 Å². The number of aromatic nitrogens is 2. The van der Waals surface area contributed by atoms with Crippen molar-refractivity contribution >= 4 is 28.5 Å². The molecule has 18 heavy (non-hydrogen) atoms. The number of carbonyl (C=O) groups is 1. The van der Waals surface area contributed by atoms with Gasteiger partial charge in [-0.05, 0) is 25.5 Å². The number of hydrogen-bond donors (Lipinski definition) is 1. The highest BCUT2D eigenvalue weighted by Crippen LogP contribution is 2.26. The first-order valence-electron chi connectivity index (χ1n) is 5.85. The van der Waals surface area contributed by atoms with Crippen molar-refractivity contribution in [1.82, 2.24) is 14.9 Å². The Bertz CT molecular complexity index is 589. The summed E-state index contributed by atoms with van der Waals surface area (Å²) in [5.74, 6) is 0.667. The van der Waals surface area contributed by atoms with Crippen molar-refractivity contribution in [2.24, 2.45) is 0 Å². The SMILES string of the molecule is CNC(=O)Cn1c(C(C)Cl)nc2cccc(C)c21. The Labute approximate surface area is 111 Å². The number of alkyl halides is 1. The monoisotopic (exact) mass is 265 g/mol. The summed E-state index contributed by atoms with van der Waals surface area (Å²) < 4.78 is 1.89. The summed E-state index contributed by atoms with van der Waals surface area (Å²) in [6, 6.07) is 5.90. The number of para-hydroxylation sites is 1. The van der Waals surface area contributed by atoms with Crippen molar-refractivity contribution in [3.8, 4) is 0 Å². The fourth-order valence-corrected chi connectivity index (χ4v) is 2.24. The van der Waals surface area contributed by atoms with Crippen LogP contribution in [-0.4, -0.2) is 22.5 Å². The lowest BCUT2D eigenvalue weighted by Gasteiger charge is -2.10. The molecule has 1 heterocycles. The van der Waals surface area contributed by atoms with Gasteiger partial charge in [-0.25, -0.2) is 4.98 Å². The minimum absolute atomic E-state index is 0.0591. The second-order valence-electron chi connectivity index (χ2n) is 4.29. The van der Waals surface area contributed by atoms with E-state index in [1.807, 2.05) is 36.6 Å². The number of hydrogen-bond acceptors (Lipinski definition) is 2. The summed E-state index contributed by atoms with van der Waals surface area (Å²) in [6.07, 6.45) is 0. The third kappa shape index (κ3) is 2.20. The minimum atomic E-state index is -0.235. The highest BCUT2D eigenvalue weighted by atomic mass is 35.5. The Balaban J connectivity index is 2.65. The van der Waals surface area contributed by atoms with Crippen molar-refractivity contribution in [1.29, 1.82) is 0 Å². The van der Waals surface area contributed by atoms with E-state index in [2.05, 4.69) is 10.3 Å². The second kappa shape index (κ2) is 4.98. The van der Waals surface area contributed by atoms with Crippen molar-refractivity contribution in [3.63, 3.8) is 0 Å². The molecule has 0 radical (unpaired) electrons. The van der Waals surface area contributed by atoms with Crippen LogP contribution in [0.25, 0.3) is 11.0 Å². The predicted molar refractivity (Wildman–Crippen MR) is 72.8 cm³/mol. The molecule has 1 N–H and O–H groups in total. The van der Waals surface area contributed by atoms with Crippen LogP contribution in [0.2, 0.25) is 0 Å². The van der Waals surface area contributed by atoms with Gasteiger partial charge >= 0.3 is 0 Å². The van der Waals surface area contributed by atoms with Gasteiger partial charge in [0.2, 0.25) is 5.91 Å². The second-order valence-corrected chi connectivity index (χ2v) is 4.94. The number of rotatable bonds is 3. The quantitative estimate of drug-likeness (QED) is 0.867. The molecule has 2 aromatic rings. The molecule has 1 aromatic carbocycles. The number of benzene rings is 1. The van der Waals surface area contributed by atoms with Gasteiger partial charge in [-0.15, -0.1) is 11.6 Å². The lowest BCUT2D eigenvalue weighted by molar-refractivity contribution is -0.121. The number of fused-ring (bicyclic) bond motifs is 1. The van der Waals surface area contributed by atoms with E-state index >= 15 is 0 Å². The van der Waals surface area contributed by atoms with Gasteiger partial charge in [0, 0.05) is 7.05 Å². The van der Waals surface area contributed by atoms with Crippen molar-refractivity contribution in [3.05, 3.63) is 29.6 Å². The van der Waals surface area contributed by atoms with Gasteiger partial charge in [0.25, 0.3) is 0 Å². The lowest BCUT2D eigenvalue weighted by Crippen LogP contribution is -2.24. The number of imidazole rings is 1. The fraction of sp³-hybridized carbons (Fsp3) is 0.385. The Morgan fingerprint density at radius 2 is 2.28 bits per heavy atom. The van der Waals surface area contributed by atoms with E-state index in [4.69, 9.17) is 11.6 Å². The van der Waals surface area contributed by atoms with Crippen LogP contribution in [-0.2, 0) is 11.3 Å². The van der Waals surface area contributed by atoms with Gasteiger partial charge in [-0.1, -0.05) is 12.1 Å². The normalized spacial score (nSPS) is 12.7. The smallest absolute Gasteiger partial charge is 0.239 e. The zero-order chi connectivity index (χ0) is 13.3. The Kier molecular flexibility index (Phi) is 3.57. The summed E-state index contributed by atoms with van der Waals surface area (Å²) >= 11 is 6.14. The van der Waals surface area contributed by atoms with Crippen LogP contribution < -0.4 is 5.32 Å². The molecule has 0 fully saturated rings. The maximum absolute atomic E-state index is 11.6. The number of halogens is 1. The first kappa shape index (κ1) is 12.9. The molecule has 0 saturated carbocycles. The van der Waals surface area contributed by atoms with Crippen LogP contribution in [0.4, 0.5) is 0 Å². The van der Waals surface area contributed by atoms with Gasteiger partial charge < -0.3 is 9.88 Å². The number of aryl methyl sites for hydroxylation is 1. The molecular weight excluding hydrogens is 250 g/mol. The van der Waals surface area contributed by atoms with Gasteiger partial charge in [0.1, 0.15) is 12.4 Å². The van der Waals surface area contributed by atoms with E-state index in [9.17, 15) is 4.79 Å². The largest absolute Gasteiger partial charge is 0.358 e. The van der Waals surface area contributed by atoms with E-state index < -0.39 is 0 Å². The zero-order valence-electron chi connectivity index (χ0n) is 10.7. The molecule has 0 bridgehead atoms. The van der Waals surface area contributed by atoms with Crippen LogP contribution in [0, 0.1) is 6.92 Å². The first-order valence-corrected chi connectivity index (χ1v) is 6.28. The van der Waals surface area contributed by atoms with Crippen molar-refractivity contribution in [2.75, 3.05) is 7.05 Å². The van der Waals surface area contributed by atoms with E-state index in [0.717, 1.165) is 22.4 Å². The molecule has 96 valence electrons. The predicted octanol–water partition coefficient (Wildman–Crippen LogP) is 2.39. The Hall–Kier alpha value is -1.55. The van der Waals surface area contributed by atoms with E-state index in [0.29, 0.717) is 0 Å². The molecule has 0 saturated heterocycles. The molecule has 2 rings (SSSR count). The van der Waals surface area contributed by atoms with E-state index in [1.165, 1.54) is 0 Å². The summed E-state index contributed by atoms with van der Waals surface area (Å²) in [4.78, 5) is 16.1. The van der Waals surface area contributed by atoms with Crippen LogP contribution in [0.3, 0.4) is 0 Å². The summed E-state index contributed by atoms with van der Waals surface area (Å²) in [5, 5.41) is 2.39. The highest BCUT2D eigenvalue weighted by Gasteiger charge is 2.17. The number of nitrogens with zero attached hydrogens (tertiary/aromatic N) is 2. The maximum Gasteiger partial charge on any atom is 0.239 e. The molecule has 0 spiro atoms. The number of carbonyl (C=O) groups excluding carboxylic acids is 1. The van der Waals surface area contributed by atoms with Crippen LogP contribution in [0.15, 0.2) is 18.2 Å². The summed E-state index contributed by atoms with van der Waals surface area (Å²) in [7, 11) is 1.62. The maximum atomic E-state index is 11.6. The Morgan fingerprint density at radius 1 is 1.56 bits per heavy atom. The third-order valence-corrected chi connectivity index (χ3v) is 3.13. The van der Waals surface area contributed by atoms with Gasteiger partial charge in [-0.3, -0.25) is 4.79 Å². The van der Waals surface area contributed by atoms with Gasteiger partial charge in [-0.2, -0.15) is 0 Å². The lowest BCUT2D eigenvalue weighted by atomic mass is 10.2. The molecule has 1 amide bonds. The zero-order valence-corrected chi connectivity index (χ0v) is 11.5. The first-order chi connectivity index (χ1) is 8.54. The van der Waals surface area contributed by atoms with E-state index in [1.54, 1.807) is 7.05 Å². The van der Waals surface area contributed by atoms with Crippen LogP contribution in [0.5, 0.6) is 0 Å². The highest BCUT2D eigenvalue weighted by molar-refractivity contribution is 6.20. The average molecular weight is 266 g/mol. The number of likely N-dealkylation sites (N-methyl/N-ethyl adjacent to an activating group) is 1. The Morgan fingerprint density at radius 3 is 2.89 bits per heavy atom. The standard InChI is InChI=1S/C13H16ClN3O/c1-8-5-4-6-10-12(8)17(7-11(18)15-3)13(16-10)9(2)14/h4-6,9H,7H2,1-3H3,(H,15,18). The molecular formula is C13H16ClN3O. The molecule has 0 aliphatic carbocycles. The van der Waals surface area contributed by atoms with Crippen molar-refractivity contribution in [2.45, 2.75) is 25.8 Å². The number of amides is 1. The molecule has 5 heteroatoms. The number of nitrogens with one attached hydrogen (secondary N) is 1. The summed E-state index contributed by atoms with van der Waals surface area (Å²) in [6.45, 7) is 4.11. The molecule has 1 aromatic heterocycles. The molecule has 0 aliphatic rings. The van der Waals surface area contributed by atoms with Gasteiger partial charge in [0.05, 0.1) is 16.4 Å². The average Bonchev–Trinajstić information content (AvgIpc) is 2.69. The van der Waals surface area contributed by atoms with Crippen molar-refractivity contribution < 1.29 is 4.79 Å². The van der Waals surface area contributed by atoms with E-state index in [-0.39, 0.29) is 17.8 Å². The van der Waals surface area contributed by atoms with Gasteiger partial charge in [0.15, 0.2) is 0 Å². The fourth-order valence-electron chi connectivity index (χ4n) is 2.07. The summed E-state index contributed by atoms with van der Waals surface area (Å²) in [5.41, 5.74) is 2.94. The molecule has 4 nitrogen and oxygen atoms in total. The molecule has 0 aliphatic heterocycles. The van der Waals surface area contributed by atoms with Crippen LogP contribution in [0.1, 0.15) is 23.7 Å². The molecule has 1 atom stereocenters. The third-order valence-electron chi connectivity index (χ3n) is 2.93. The molecule has 1 unspecified atom stereocenters. The van der Waals surface area contributed by atoms with Crippen LogP contribution >= 0.6 is 11.6 Å².